The maximum Gasteiger partial charge on any atom is 0.0924 e. The Morgan fingerprint density at radius 3 is 3.08 bits per heavy atom. The Morgan fingerprint density at radius 1 is 1.31 bits per heavy atom. The van der Waals surface area contributed by atoms with Gasteiger partial charge in [0.05, 0.1) is 12.9 Å². The summed E-state index contributed by atoms with van der Waals surface area (Å²) >= 11 is 0. The van der Waals surface area contributed by atoms with Gasteiger partial charge in [-0.15, -0.1) is 0 Å². The molecule has 13 heavy (non-hydrogen) atoms. The van der Waals surface area contributed by atoms with Gasteiger partial charge in [-0.05, 0) is 37.7 Å². The molecular weight excluding hydrogens is 160 g/mol. The molecule has 0 N–H and O–H groups in total. The summed E-state index contributed by atoms with van der Waals surface area (Å²) in [5, 5.41) is 0. The number of fused-ring (bicyclic) bond motifs is 1. The minimum absolute atomic E-state index is 0.794. The molecule has 2 aliphatic carbocycles. The summed E-state index contributed by atoms with van der Waals surface area (Å²) in [5.41, 5.74) is 1.69. The van der Waals surface area contributed by atoms with Gasteiger partial charge in [-0.2, -0.15) is 0 Å². The summed E-state index contributed by atoms with van der Waals surface area (Å²) < 4.78 is 5.35. The summed E-state index contributed by atoms with van der Waals surface area (Å²) in [4.78, 5) is 0. The van der Waals surface area contributed by atoms with Crippen LogP contribution in [0.25, 0.3) is 0 Å². The molecule has 1 fully saturated rings. The Hall–Kier alpha value is -0.720. The van der Waals surface area contributed by atoms with Crippen LogP contribution in [0.4, 0.5) is 0 Å². The predicted molar refractivity (Wildman–Crippen MR) is 54.4 cm³/mol. The van der Waals surface area contributed by atoms with E-state index in [9.17, 15) is 0 Å². The first-order valence-corrected chi connectivity index (χ1v) is 5.32. The number of hydrogen-bond acceptors (Lipinski definition) is 1. The topological polar surface area (TPSA) is 9.23 Å². The van der Waals surface area contributed by atoms with Crippen molar-refractivity contribution in [2.24, 2.45) is 5.92 Å². The molecule has 0 aromatic heterocycles. The fourth-order valence-electron chi connectivity index (χ4n) is 2.45. The molecule has 0 aliphatic heterocycles. The predicted octanol–water partition coefficient (Wildman–Crippen LogP) is 3.43. The van der Waals surface area contributed by atoms with E-state index >= 15 is 0 Å². The third-order valence-corrected chi connectivity index (χ3v) is 3.23. The number of rotatable bonds is 1. The van der Waals surface area contributed by atoms with Crippen molar-refractivity contribution >= 4 is 0 Å². The maximum atomic E-state index is 5.35. The van der Waals surface area contributed by atoms with Crippen LogP contribution in [0.1, 0.15) is 38.5 Å². The third-order valence-electron chi connectivity index (χ3n) is 3.23. The maximum absolute atomic E-state index is 5.35. The van der Waals surface area contributed by atoms with Crippen LogP contribution in [0.15, 0.2) is 23.5 Å². The van der Waals surface area contributed by atoms with Crippen molar-refractivity contribution < 1.29 is 4.74 Å². The lowest BCUT2D eigenvalue weighted by Crippen LogP contribution is -2.10. The fraction of sp³-hybridized carbons (Fsp3) is 0.667. The third kappa shape index (κ3) is 1.96. The first-order chi connectivity index (χ1) is 6.40. The Balaban J connectivity index is 2.09. The zero-order valence-corrected chi connectivity index (χ0v) is 8.38. The molecule has 2 aliphatic rings. The van der Waals surface area contributed by atoms with Crippen molar-refractivity contribution in [3.05, 3.63) is 23.5 Å². The second-order valence-corrected chi connectivity index (χ2v) is 4.04. The molecule has 0 aromatic rings. The van der Waals surface area contributed by atoms with E-state index in [0.29, 0.717) is 0 Å². The monoisotopic (exact) mass is 178 g/mol. The van der Waals surface area contributed by atoms with Gasteiger partial charge < -0.3 is 4.74 Å². The average molecular weight is 178 g/mol. The van der Waals surface area contributed by atoms with E-state index in [2.05, 4.69) is 12.2 Å². The highest BCUT2D eigenvalue weighted by atomic mass is 16.5. The SMILES string of the molecule is COC1=CCC=C2CCCCC2C1. The highest BCUT2D eigenvalue weighted by Gasteiger charge is 2.21. The van der Waals surface area contributed by atoms with Crippen LogP contribution in [0.2, 0.25) is 0 Å². The Kier molecular flexibility index (Phi) is 2.72. The zero-order valence-electron chi connectivity index (χ0n) is 8.38. The number of allylic oxidation sites excluding steroid dienone is 4. The molecule has 1 heteroatoms. The lowest BCUT2D eigenvalue weighted by Gasteiger charge is -2.24. The van der Waals surface area contributed by atoms with Crippen LogP contribution in [-0.2, 0) is 4.74 Å². The standard InChI is InChI=1S/C12H18O/c1-13-12-8-4-7-10-5-2-3-6-11(10)9-12/h7-8,11H,2-6,9H2,1H3. The lowest BCUT2D eigenvalue weighted by molar-refractivity contribution is 0.258. The van der Waals surface area contributed by atoms with Crippen LogP contribution < -0.4 is 0 Å². The molecule has 0 heterocycles. The molecule has 1 saturated carbocycles. The van der Waals surface area contributed by atoms with Crippen molar-refractivity contribution in [2.75, 3.05) is 7.11 Å². The van der Waals surface area contributed by atoms with E-state index in [4.69, 9.17) is 4.74 Å². The van der Waals surface area contributed by atoms with Crippen LogP contribution in [0.3, 0.4) is 0 Å². The minimum Gasteiger partial charge on any atom is -0.501 e. The molecule has 0 radical (unpaired) electrons. The largest absolute Gasteiger partial charge is 0.501 e. The Bertz CT molecular complexity index is 238. The molecular formula is C12H18O. The van der Waals surface area contributed by atoms with Crippen molar-refractivity contribution in [1.29, 1.82) is 0 Å². The molecule has 0 amide bonds. The van der Waals surface area contributed by atoms with E-state index in [-0.39, 0.29) is 0 Å². The lowest BCUT2D eigenvalue weighted by atomic mass is 9.82. The van der Waals surface area contributed by atoms with Crippen molar-refractivity contribution in [3.8, 4) is 0 Å². The highest BCUT2D eigenvalue weighted by Crippen LogP contribution is 2.35. The van der Waals surface area contributed by atoms with Gasteiger partial charge in [0.15, 0.2) is 0 Å². The molecule has 0 spiro atoms. The van der Waals surface area contributed by atoms with Gasteiger partial charge in [-0.1, -0.05) is 18.1 Å². The zero-order chi connectivity index (χ0) is 9.10. The number of methoxy groups -OCH3 is 1. The molecule has 2 rings (SSSR count). The second-order valence-electron chi connectivity index (χ2n) is 4.04. The molecule has 0 aromatic carbocycles. The summed E-state index contributed by atoms with van der Waals surface area (Å²) in [6.07, 6.45) is 12.4. The number of ether oxygens (including phenoxy) is 1. The van der Waals surface area contributed by atoms with Crippen LogP contribution in [0.5, 0.6) is 0 Å². The van der Waals surface area contributed by atoms with E-state index in [0.717, 1.165) is 18.8 Å². The highest BCUT2D eigenvalue weighted by molar-refractivity contribution is 5.17. The minimum atomic E-state index is 0.794. The van der Waals surface area contributed by atoms with Crippen LogP contribution >= 0.6 is 0 Å². The fourth-order valence-corrected chi connectivity index (χ4v) is 2.45. The Labute approximate surface area is 80.5 Å². The van der Waals surface area contributed by atoms with Crippen molar-refractivity contribution in [2.45, 2.75) is 38.5 Å². The molecule has 0 saturated heterocycles. The average Bonchev–Trinajstić information content (AvgIpc) is 2.38. The van der Waals surface area contributed by atoms with E-state index in [1.54, 1.807) is 12.7 Å². The summed E-state index contributed by atoms with van der Waals surface area (Å²) in [5.74, 6) is 1.99. The van der Waals surface area contributed by atoms with Gasteiger partial charge in [0.1, 0.15) is 0 Å². The normalized spacial score (nSPS) is 28.2. The summed E-state index contributed by atoms with van der Waals surface area (Å²) in [6.45, 7) is 0. The van der Waals surface area contributed by atoms with Crippen molar-refractivity contribution in [1.82, 2.24) is 0 Å². The van der Waals surface area contributed by atoms with Gasteiger partial charge in [-0.25, -0.2) is 0 Å². The number of hydrogen-bond donors (Lipinski definition) is 0. The first kappa shape index (κ1) is 8.86. The molecule has 0 bridgehead atoms. The van der Waals surface area contributed by atoms with Crippen molar-refractivity contribution in [3.63, 3.8) is 0 Å². The second kappa shape index (κ2) is 3.99. The van der Waals surface area contributed by atoms with Gasteiger partial charge in [-0.3, -0.25) is 0 Å². The van der Waals surface area contributed by atoms with E-state index in [1.807, 2.05) is 0 Å². The van der Waals surface area contributed by atoms with Crippen LogP contribution in [-0.4, -0.2) is 7.11 Å². The summed E-state index contributed by atoms with van der Waals surface area (Å²) in [6, 6.07) is 0. The Morgan fingerprint density at radius 2 is 2.23 bits per heavy atom. The summed E-state index contributed by atoms with van der Waals surface area (Å²) in [7, 11) is 1.79. The van der Waals surface area contributed by atoms with Gasteiger partial charge in [0, 0.05) is 6.42 Å². The van der Waals surface area contributed by atoms with Gasteiger partial charge in [0.25, 0.3) is 0 Å². The van der Waals surface area contributed by atoms with Gasteiger partial charge >= 0.3 is 0 Å². The smallest absolute Gasteiger partial charge is 0.0924 e. The van der Waals surface area contributed by atoms with E-state index < -0.39 is 0 Å². The van der Waals surface area contributed by atoms with Gasteiger partial charge in [0.2, 0.25) is 0 Å². The first-order valence-electron chi connectivity index (χ1n) is 5.32. The van der Waals surface area contributed by atoms with Crippen LogP contribution in [0, 0.1) is 5.92 Å². The molecule has 1 atom stereocenters. The van der Waals surface area contributed by atoms with E-state index in [1.165, 1.54) is 31.4 Å². The quantitative estimate of drug-likeness (QED) is 0.559. The molecule has 1 nitrogen and oxygen atoms in total. The molecule has 72 valence electrons. The molecule has 1 unspecified atom stereocenters.